The minimum atomic E-state index is -1.90. The van der Waals surface area contributed by atoms with Crippen molar-refractivity contribution in [3.8, 4) is 0 Å². The second kappa shape index (κ2) is 6.06. The van der Waals surface area contributed by atoms with E-state index in [4.69, 9.17) is 4.43 Å². The number of fused-ring (bicyclic) bond motifs is 1. The van der Waals surface area contributed by atoms with Gasteiger partial charge in [0, 0.05) is 18.3 Å². The van der Waals surface area contributed by atoms with Crippen LogP contribution in [0.3, 0.4) is 0 Å². The maximum atomic E-state index is 12.5. The summed E-state index contributed by atoms with van der Waals surface area (Å²) in [5.74, 6) is 0.892. The first-order chi connectivity index (χ1) is 11.1. The average molecular weight is 351 g/mol. The molecule has 1 spiro atoms. The Bertz CT molecular complexity index is 546. The molecule has 0 aromatic rings. The van der Waals surface area contributed by atoms with Crippen LogP contribution in [-0.2, 0) is 9.22 Å². The summed E-state index contributed by atoms with van der Waals surface area (Å²) in [7, 11) is -1.90. The fourth-order valence-corrected chi connectivity index (χ4v) is 6.14. The Kier molecular flexibility index (Phi) is 4.63. The second-order valence-electron chi connectivity index (χ2n) is 9.81. The van der Waals surface area contributed by atoms with Gasteiger partial charge in [-0.15, -0.1) is 0 Å². The standard InChI is InChI=1S/C20H34O3Si/c1-19(2,3)24(4,5)23-18-14-6-8-15-12-16(21)10-11-20(15,18)13-17(22)9-7-14/h12,14,16,18,21H,6-11,13H2,1-5H3/t14-,16+,18+,20-/m1/s1. The maximum Gasteiger partial charge on any atom is 0.192 e. The summed E-state index contributed by atoms with van der Waals surface area (Å²) in [6.45, 7) is 11.5. The van der Waals surface area contributed by atoms with Crippen molar-refractivity contribution in [2.45, 2.75) is 96.1 Å². The molecule has 0 radical (unpaired) electrons. The Morgan fingerprint density at radius 3 is 2.54 bits per heavy atom. The van der Waals surface area contributed by atoms with Gasteiger partial charge in [-0.1, -0.05) is 32.4 Å². The third kappa shape index (κ3) is 3.06. The molecule has 3 aliphatic rings. The van der Waals surface area contributed by atoms with Gasteiger partial charge in [0.2, 0.25) is 0 Å². The fraction of sp³-hybridized carbons (Fsp3) is 0.850. The number of carbonyl (C=O) groups is 1. The van der Waals surface area contributed by atoms with E-state index < -0.39 is 8.32 Å². The molecular weight excluding hydrogens is 316 g/mol. The molecule has 1 N–H and O–H groups in total. The largest absolute Gasteiger partial charge is 0.413 e. The summed E-state index contributed by atoms with van der Waals surface area (Å²) in [5.41, 5.74) is 1.18. The number of hydrogen-bond acceptors (Lipinski definition) is 3. The molecule has 0 heterocycles. The number of rotatable bonds is 2. The third-order valence-electron chi connectivity index (χ3n) is 7.21. The van der Waals surface area contributed by atoms with Gasteiger partial charge in [0.05, 0.1) is 12.2 Å². The van der Waals surface area contributed by atoms with Gasteiger partial charge in [-0.05, 0) is 56.2 Å². The zero-order valence-corrected chi connectivity index (χ0v) is 17.0. The topological polar surface area (TPSA) is 46.5 Å². The Hall–Kier alpha value is -0.453. The van der Waals surface area contributed by atoms with Gasteiger partial charge in [-0.3, -0.25) is 4.79 Å². The van der Waals surface area contributed by atoms with Crippen molar-refractivity contribution < 1.29 is 14.3 Å². The third-order valence-corrected chi connectivity index (χ3v) is 11.7. The molecule has 2 bridgehead atoms. The first-order valence-corrected chi connectivity index (χ1v) is 12.5. The van der Waals surface area contributed by atoms with E-state index in [1.807, 2.05) is 0 Å². The van der Waals surface area contributed by atoms with Gasteiger partial charge in [0.1, 0.15) is 5.78 Å². The lowest BCUT2D eigenvalue weighted by atomic mass is 9.58. The van der Waals surface area contributed by atoms with E-state index in [0.29, 0.717) is 24.5 Å². The van der Waals surface area contributed by atoms with Crippen LogP contribution in [0.5, 0.6) is 0 Å². The van der Waals surface area contributed by atoms with E-state index in [-0.39, 0.29) is 22.7 Å². The second-order valence-corrected chi connectivity index (χ2v) is 14.6. The van der Waals surface area contributed by atoms with Gasteiger partial charge in [0.25, 0.3) is 0 Å². The van der Waals surface area contributed by atoms with E-state index in [1.54, 1.807) is 0 Å². The molecule has 4 atom stereocenters. The van der Waals surface area contributed by atoms with Crippen molar-refractivity contribution in [1.29, 1.82) is 0 Å². The summed E-state index contributed by atoms with van der Waals surface area (Å²) in [4.78, 5) is 12.5. The first kappa shape index (κ1) is 18.3. The summed E-state index contributed by atoms with van der Waals surface area (Å²) in [6.07, 6.45) is 8.00. The predicted octanol–water partition coefficient (Wildman–Crippen LogP) is 4.61. The van der Waals surface area contributed by atoms with Gasteiger partial charge < -0.3 is 9.53 Å². The van der Waals surface area contributed by atoms with Crippen LogP contribution in [0.1, 0.15) is 65.7 Å². The number of aliphatic hydroxyl groups is 1. The van der Waals surface area contributed by atoms with Crippen LogP contribution in [0, 0.1) is 11.3 Å². The van der Waals surface area contributed by atoms with Crippen molar-refractivity contribution in [2.24, 2.45) is 11.3 Å². The molecule has 0 unspecified atom stereocenters. The number of carbonyl (C=O) groups excluding carboxylic acids is 1. The Balaban J connectivity index is 2.02. The molecule has 3 rings (SSSR count). The minimum absolute atomic E-state index is 0.134. The van der Waals surface area contributed by atoms with Crippen molar-refractivity contribution in [3.05, 3.63) is 11.6 Å². The Morgan fingerprint density at radius 1 is 1.21 bits per heavy atom. The van der Waals surface area contributed by atoms with Crippen molar-refractivity contribution >= 4 is 14.1 Å². The number of ketones is 1. The van der Waals surface area contributed by atoms with Crippen LogP contribution in [0.2, 0.25) is 18.1 Å². The highest BCUT2D eigenvalue weighted by Crippen LogP contribution is 2.57. The van der Waals surface area contributed by atoms with Crippen molar-refractivity contribution in [3.63, 3.8) is 0 Å². The van der Waals surface area contributed by atoms with E-state index in [2.05, 4.69) is 39.9 Å². The van der Waals surface area contributed by atoms with Gasteiger partial charge in [-0.25, -0.2) is 0 Å². The molecule has 0 aromatic heterocycles. The number of Topliss-reactive ketones (excluding diaryl/α,β-unsaturated/α-hetero) is 1. The molecule has 0 aromatic carbocycles. The summed E-state index contributed by atoms with van der Waals surface area (Å²) in [5, 5.41) is 10.3. The van der Waals surface area contributed by atoms with Crippen molar-refractivity contribution in [2.75, 3.05) is 0 Å². The first-order valence-electron chi connectivity index (χ1n) is 9.64. The zero-order chi connectivity index (χ0) is 17.8. The molecule has 0 saturated heterocycles. The average Bonchev–Trinajstić information content (AvgIpc) is 2.53. The van der Waals surface area contributed by atoms with Crippen molar-refractivity contribution in [1.82, 2.24) is 0 Å². The Labute approximate surface area is 148 Å². The van der Waals surface area contributed by atoms with Crippen LogP contribution in [-0.4, -0.2) is 31.4 Å². The molecule has 4 heteroatoms. The lowest BCUT2D eigenvalue weighted by molar-refractivity contribution is -0.122. The molecular formula is C20H34O3Si. The normalized spacial score (nSPS) is 37.5. The summed E-state index contributed by atoms with van der Waals surface area (Å²) >= 11 is 0. The van der Waals surface area contributed by atoms with Gasteiger partial charge >= 0.3 is 0 Å². The smallest absolute Gasteiger partial charge is 0.192 e. The summed E-state index contributed by atoms with van der Waals surface area (Å²) in [6, 6.07) is 0. The maximum absolute atomic E-state index is 12.5. The van der Waals surface area contributed by atoms with E-state index in [1.165, 1.54) is 5.57 Å². The highest BCUT2D eigenvalue weighted by molar-refractivity contribution is 6.74. The monoisotopic (exact) mass is 350 g/mol. The van der Waals surface area contributed by atoms with Crippen LogP contribution in [0.15, 0.2) is 11.6 Å². The molecule has 24 heavy (non-hydrogen) atoms. The Morgan fingerprint density at radius 2 is 1.88 bits per heavy atom. The fourth-order valence-electron chi connectivity index (χ4n) is 4.74. The van der Waals surface area contributed by atoms with Crippen LogP contribution in [0.25, 0.3) is 0 Å². The quantitative estimate of drug-likeness (QED) is 0.584. The lowest BCUT2D eigenvalue weighted by Crippen LogP contribution is -2.55. The van der Waals surface area contributed by atoms with Crippen LogP contribution < -0.4 is 0 Å². The molecule has 0 amide bonds. The predicted molar refractivity (Wildman–Crippen MR) is 99.4 cm³/mol. The number of hydrogen-bond donors (Lipinski definition) is 1. The number of aliphatic hydroxyl groups excluding tert-OH is 1. The van der Waals surface area contributed by atoms with E-state index >= 15 is 0 Å². The highest BCUT2D eigenvalue weighted by Gasteiger charge is 2.55. The molecule has 2 fully saturated rings. The van der Waals surface area contributed by atoms with Crippen LogP contribution >= 0.6 is 0 Å². The van der Waals surface area contributed by atoms with Crippen LogP contribution in [0.4, 0.5) is 0 Å². The molecule has 3 aliphatic carbocycles. The lowest BCUT2D eigenvalue weighted by Gasteiger charge is -2.54. The molecule has 0 aliphatic heterocycles. The summed E-state index contributed by atoms with van der Waals surface area (Å²) < 4.78 is 7.00. The zero-order valence-electron chi connectivity index (χ0n) is 16.0. The van der Waals surface area contributed by atoms with E-state index in [9.17, 15) is 9.90 Å². The minimum Gasteiger partial charge on any atom is -0.413 e. The van der Waals surface area contributed by atoms with E-state index in [0.717, 1.165) is 32.1 Å². The molecule has 3 nitrogen and oxygen atoms in total. The van der Waals surface area contributed by atoms with Gasteiger partial charge in [0.15, 0.2) is 8.32 Å². The molecule has 136 valence electrons. The van der Waals surface area contributed by atoms with Gasteiger partial charge in [-0.2, -0.15) is 0 Å². The highest BCUT2D eigenvalue weighted by atomic mass is 28.4. The SMILES string of the molecule is CC(C)(C)[Si](C)(C)O[C@H]1[C@H]2CCC(=O)C[C@@]13CC[C@H](O)C=C3CC2. The molecule has 2 saturated carbocycles.